The van der Waals surface area contributed by atoms with Gasteiger partial charge >= 0.3 is 5.97 Å². The van der Waals surface area contributed by atoms with Gasteiger partial charge in [-0.15, -0.1) is 0 Å². The van der Waals surface area contributed by atoms with Crippen LogP contribution in [0.1, 0.15) is 29.3 Å². The fourth-order valence-electron chi connectivity index (χ4n) is 1.33. The van der Waals surface area contributed by atoms with E-state index in [9.17, 15) is 9.59 Å². The first-order valence-corrected chi connectivity index (χ1v) is 5.60. The Morgan fingerprint density at radius 2 is 2.12 bits per heavy atom. The number of carboxylic acids is 1. The van der Waals surface area contributed by atoms with Crippen LogP contribution in [-0.4, -0.2) is 23.4 Å². The Morgan fingerprint density at radius 1 is 1.41 bits per heavy atom. The summed E-state index contributed by atoms with van der Waals surface area (Å²) in [4.78, 5) is 21.4. The van der Waals surface area contributed by atoms with Gasteiger partial charge in [-0.3, -0.25) is 9.59 Å². The maximum atomic E-state index is 11.1. The molecular formula is C12H14ClNO3. The van der Waals surface area contributed by atoms with E-state index in [1.165, 1.54) is 6.92 Å². The van der Waals surface area contributed by atoms with Gasteiger partial charge in [0, 0.05) is 23.7 Å². The highest BCUT2D eigenvalue weighted by Crippen LogP contribution is 2.18. The lowest BCUT2D eigenvalue weighted by Gasteiger charge is -2.06. The molecule has 0 spiro atoms. The standard InChI is InChI=1S/C12H14ClNO3/c1-8(15)9-2-3-10(11(13)6-9)7-14-5-4-12(16)17/h2-3,6,14H,4-5,7H2,1H3,(H,16,17). The lowest BCUT2D eigenvalue weighted by atomic mass is 10.1. The van der Waals surface area contributed by atoms with Gasteiger partial charge < -0.3 is 10.4 Å². The quantitative estimate of drug-likeness (QED) is 0.604. The van der Waals surface area contributed by atoms with Gasteiger partial charge in [-0.2, -0.15) is 0 Å². The number of ketones is 1. The zero-order valence-electron chi connectivity index (χ0n) is 9.50. The highest BCUT2D eigenvalue weighted by molar-refractivity contribution is 6.31. The number of hydrogen-bond donors (Lipinski definition) is 2. The zero-order chi connectivity index (χ0) is 12.8. The van der Waals surface area contributed by atoms with E-state index in [2.05, 4.69) is 5.32 Å². The molecule has 0 atom stereocenters. The minimum absolute atomic E-state index is 0.0303. The average molecular weight is 256 g/mol. The van der Waals surface area contributed by atoms with Crippen LogP contribution in [0.2, 0.25) is 5.02 Å². The summed E-state index contributed by atoms with van der Waals surface area (Å²) in [6, 6.07) is 5.10. The highest BCUT2D eigenvalue weighted by atomic mass is 35.5. The molecular weight excluding hydrogens is 242 g/mol. The van der Waals surface area contributed by atoms with E-state index in [0.717, 1.165) is 5.56 Å². The van der Waals surface area contributed by atoms with Crippen molar-refractivity contribution in [1.82, 2.24) is 5.32 Å². The Morgan fingerprint density at radius 3 is 2.65 bits per heavy atom. The van der Waals surface area contributed by atoms with Crippen molar-refractivity contribution < 1.29 is 14.7 Å². The van der Waals surface area contributed by atoms with Crippen LogP contribution in [-0.2, 0) is 11.3 Å². The van der Waals surface area contributed by atoms with E-state index in [0.29, 0.717) is 23.7 Å². The number of aliphatic carboxylic acids is 1. The van der Waals surface area contributed by atoms with E-state index in [-0.39, 0.29) is 12.2 Å². The predicted octanol–water partition coefficient (Wildman–Crippen LogP) is 2.11. The molecule has 1 rings (SSSR count). The number of hydrogen-bond acceptors (Lipinski definition) is 3. The van der Waals surface area contributed by atoms with E-state index >= 15 is 0 Å². The molecule has 0 aliphatic rings. The molecule has 0 radical (unpaired) electrons. The number of carbonyl (C=O) groups excluding carboxylic acids is 1. The van der Waals surface area contributed by atoms with Gasteiger partial charge in [0.25, 0.3) is 0 Å². The van der Waals surface area contributed by atoms with Crippen LogP contribution >= 0.6 is 11.6 Å². The van der Waals surface area contributed by atoms with Gasteiger partial charge in [-0.25, -0.2) is 0 Å². The molecule has 5 heteroatoms. The SMILES string of the molecule is CC(=O)c1ccc(CNCCC(=O)O)c(Cl)c1. The molecule has 0 amide bonds. The normalized spacial score (nSPS) is 10.2. The van der Waals surface area contributed by atoms with Crippen LogP contribution < -0.4 is 5.32 Å². The second kappa shape index (κ2) is 6.37. The summed E-state index contributed by atoms with van der Waals surface area (Å²) in [5, 5.41) is 11.9. The summed E-state index contributed by atoms with van der Waals surface area (Å²) in [6.07, 6.45) is 0.0726. The summed E-state index contributed by atoms with van der Waals surface area (Å²) >= 11 is 6.01. The van der Waals surface area contributed by atoms with Crippen molar-refractivity contribution in [3.8, 4) is 0 Å². The zero-order valence-corrected chi connectivity index (χ0v) is 10.3. The van der Waals surface area contributed by atoms with Gasteiger partial charge in [0.2, 0.25) is 0 Å². The van der Waals surface area contributed by atoms with Gasteiger partial charge in [-0.05, 0) is 18.6 Å². The molecule has 17 heavy (non-hydrogen) atoms. The Labute approximate surface area is 105 Å². The number of nitrogens with one attached hydrogen (secondary N) is 1. The first kappa shape index (κ1) is 13.7. The van der Waals surface area contributed by atoms with Crippen LogP contribution in [0.25, 0.3) is 0 Å². The molecule has 1 aromatic rings. The van der Waals surface area contributed by atoms with Gasteiger partial charge in [-0.1, -0.05) is 23.7 Å². The number of carbonyl (C=O) groups is 2. The van der Waals surface area contributed by atoms with E-state index in [1.54, 1.807) is 18.2 Å². The first-order valence-electron chi connectivity index (χ1n) is 5.22. The van der Waals surface area contributed by atoms with Crippen LogP contribution in [0.4, 0.5) is 0 Å². The summed E-state index contributed by atoms with van der Waals surface area (Å²) in [7, 11) is 0. The largest absolute Gasteiger partial charge is 0.481 e. The van der Waals surface area contributed by atoms with Gasteiger partial charge in [0.15, 0.2) is 5.78 Å². The van der Waals surface area contributed by atoms with Crippen molar-refractivity contribution in [2.24, 2.45) is 0 Å². The topological polar surface area (TPSA) is 66.4 Å². The monoisotopic (exact) mass is 255 g/mol. The highest BCUT2D eigenvalue weighted by Gasteiger charge is 2.05. The Hall–Kier alpha value is -1.39. The number of benzene rings is 1. The van der Waals surface area contributed by atoms with Crippen molar-refractivity contribution in [3.05, 3.63) is 34.3 Å². The lowest BCUT2D eigenvalue weighted by molar-refractivity contribution is -0.136. The second-order valence-electron chi connectivity index (χ2n) is 3.68. The van der Waals surface area contributed by atoms with Crippen molar-refractivity contribution in [2.75, 3.05) is 6.54 Å². The molecule has 0 heterocycles. The van der Waals surface area contributed by atoms with Crippen molar-refractivity contribution in [2.45, 2.75) is 19.9 Å². The minimum Gasteiger partial charge on any atom is -0.481 e. The summed E-state index contributed by atoms with van der Waals surface area (Å²) < 4.78 is 0. The van der Waals surface area contributed by atoms with E-state index < -0.39 is 5.97 Å². The lowest BCUT2D eigenvalue weighted by Crippen LogP contribution is -2.17. The van der Waals surface area contributed by atoms with Crippen LogP contribution in [0, 0.1) is 0 Å². The summed E-state index contributed by atoms with van der Waals surface area (Å²) in [6.45, 7) is 2.36. The molecule has 0 saturated heterocycles. The third-order valence-electron chi connectivity index (χ3n) is 2.29. The smallest absolute Gasteiger partial charge is 0.304 e. The molecule has 2 N–H and O–H groups in total. The number of rotatable bonds is 6. The van der Waals surface area contributed by atoms with E-state index in [1.807, 2.05) is 0 Å². The molecule has 0 bridgehead atoms. The third kappa shape index (κ3) is 4.54. The predicted molar refractivity (Wildman–Crippen MR) is 65.4 cm³/mol. The van der Waals surface area contributed by atoms with Gasteiger partial charge in [0.05, 0.1) is 6.42 Å². The summed E-state index contributed by atoms with van der Waals surface area (Å²) in [5.41, 5.74) is 1.42. The van der Waals surface area contributed by atoms with Crippen molar-refractivity contribution in [3.63, 3.8) is 0 Å². The van der Waals surface area contributed by atoms with Gasteiger partial charge in [0.1, 0.15) is 0 Å². The maximum Gasteiger partial charge on any atom is 0.304 e. The number of carboxylic acid groups (broad SMARTS) is 1. The van der Waals surface area contributed by atoms with Crippen LogP contribution in [0.15, 0.2) is 18.2 Å². The molecule has 4 nitrogen and oxygen atoms in total. The maximum absolute atomic E-state index is 11.1. The Bertz CT molecular complexity index is 432. The van der Waals surface area contributed by atoms with Crippen LogP contribution in [0.5, 0.6) is 0 Å². The minimum atomic E-state index is -0.837. The molecule has 92 valence electrons. The molecule has 0 fully saturated rings. The molecule has 0 aliphatic heterocycles. The first-order chi connectivity index (χ1) is 8.00. The van der Waals surface area contributed by atoms with Crippen molar-refractivity contribution >= 4 is 23.4 Å². The molecule has 0 unspecified atom stereocenters. The second-order valence-corrected chi connectivity index (χ2v) is 4.09. The summed E-state index contributed by atoms with van der Waals surface area (Å²) in [5.74, 6) is -0.868. The molecule has 0 saturated carbocycles. The molecule has 0 aliphatic carbocycles. The number of Topliss-reactive ketones (excluding diaryl/α,β-unsaturated/α-hetero) is 1. The third-order valence-corrected chi connectivity index (χ3v) is 2.64. The molecule has 0 aromatic heterocycles. The van der Waals surface area contributed by atoms with E-state index in [4.69, 9.17) is 16.7 Å². The Kier molecular flexibility index (Phi) is 5.12. The van der Waals surface area contributed by atoms with Crippen molar-refractivity contribution in [1.29, 1.82) is 0 Å². The van der Waals surface area contributed by atoms with Crippen LogP contribution in [0.3, 0.4) is 0 Å². The Balaban J connectivity index is 2.54. The fraction of sp³-hybridized carbons (Fsp3) is 0.333. The number of halogens is 1. The molecule has 1 aromatic carbocycles. The fourth-order valence-corrected chi connectivity index (χ4v) is 1.58. The average Bonchev–Trinajstić information content (AvgIpc) is 2.25.